The van der Waals surface area contributed by atoms with Gasteiger partial charge in [-0.15, -0.1) is 0 Å². The molecule has 0 bridgehead atoms. The molecule has 2 nitrogen and oxygen atoms in total. The summed E-state index contributed by atoms with van der Waals surface area (Å²) in [4.78, 5) is 0. The zero-order valence-corrected chi connectivity index (χ0v) is 11.4. The van der Waals surface area contributed by atoms with Gasteiger partial charge >= 0.3 is 0 Å². The first-order valence-corrected chi connectivity index (χ1v) is 6.52. The van der Waals surface area contributed by atoms with E-state index in [9.17, 15) is 0 Å². The molecule has 3 heteroatoms. The first-order valence-electron chi connectivity index (χ1n) is 6.15. The Hall–Kier alpha value is -1.93. The van der Waals surface area contributed by atoms with Crippen LogP contribution < -0.4 is 4.74 Å². The zero-order valence-electron chi connectivity index (χ0n) is 10.6. The lowest BCUT2D eigenvalue weighted by molar-refractivity contribution is 0.408. The summed E-state index contributed by atoms with van der Waals surface area (Å²) in [5.74, 6) is 0.909. The van der Waals surface area contributed by atoms with Gasteiger partial charge in [-0.2, -0.15) is 0 Å². The minimum atomic E-state index is 0.772. The predicted molar refractivity (Wildman–Crippen MR) is 79.0 cm³/mol. The van der Waals surface area contributed by atoms with Crippen LogP contribution in [0.3, 0.4) is 0 Å². The van der Waals surface area contributed by atoms with Crippen LogP contribution in [0.15, 0.2) is 54.7 Å². The van der Waals surface area contributed by atoms with Crippen LogP contribution in [0.25, 0.3) is 10.9 Å². The van der Waals surface area contributed by atoms with E-state index in [0.29, 0.717) is 0 Å². The maximum absolute atomic E-state index is 6.19. The number of fused-ring (bicyclic) bond motifs is 1. The van der Waals surface area contributed by atoms with Crippen molar-refractivity contribution in [3.63, 3.8) is 0 Å². The van der Waals surface area contributed by atoms with Crippen molar-refractivity contribution in [3.8, 4) is 5.75 Å². The third kappa shape index (κ3) is 2.20. The van der Waals surface area contributed by atoms with Crippen LogP contribution in [-0.2, 0) is 6.54 Å². The van der Waals surface area contributed by atoms with E-state index in [1.807, 2.05) is 36.4 Å². The highest BCUT2D eigenvalue weighted by molar-refractivity contribution is 6.35. The number of methoxy groups -OCH3 is 1. The van der Waals surface area contributed by atoms with E-state index >= 15 is 0 Å². The van der Waals surface area contributed by atoms with Crippen molar-refractivity contribution >= 4 is 22.5 Å². The molecule has 3 rings (SSSR count). The van der Waals surface area contributed by atoms with Crippen LogP contribution in [-0.4, -0.2) is 11.7 Å². The molecule has 0 saturated carbocycles. The zero-order chi connectivity index (χ0) is 13.2. The van der Waals surface area contributed by atoms with E-state index < -0.39 is 0 Å². The summed E-state index contributed by atoms with van der Waals surface area (Å²) in [6.45, 7) is 0.772. The molecular weight excluding hydrogens is 258 g/mol. The fraction of sp³-hybridized carbons (Fsp3) is 0.125. The molecule has 0 radical (unpaired) electrons. The molecule has 0 atom stereocenters. The smallest absolute Gasteiger partial charge is 0.123 e. The number of hydrogen-bond acceptors (Lipinski definition) is 1. The standard InChI is InChI=1S/C16H14ClNO/c1-19-16-8-3-2-5-12(16)11-18-10-9-13-14(17)6-4-7-15(13)18/h2-10H,11H2,1H3. The largest absolute Gasteiger partial charge is 0.496 e. The molecule has 19 heavy (non-hydrogen) atoms. The SMILES string of the molecule is COc1ccccc1Cn1ccc2c(Cl)cccc21. The predicted octanol–water partition coefficient (Wildman–Crippen LogP) is 4.35. The van der Waals surface area contributed by atoms with Crippen molar-refractivity contribution < 1.29 is 4.74 Å². The van der Waals surface area contributed by atoms with Crippen LogP contribution in [0.1, 0.15) is 5.56 Å². The van der Waals surface area contributed by atoms with Crippen LogP contribution in [0.4, 0.5) is 0 Å². The topological polar surface area (TPSA) is 14.2 Å². The average molecular weight is 272 g/mol. The van der Waals surface area contributed by atoms with Gasteiger partial charge in [-0.25, -0.2) is 0 Å². The van der Waals surface area contributed by atoms with Crippen molar-refractivity contribution in [1.29, 1.82) is 0 Å². The Morgan fingerprint density at radius 1 is 1.05 bits per heavy atom. The maximum atomic E-state index is 6.19. The summed E-state index contributed by atoms with van der Waals surface area (Å²) in [7, 11) is 1.70. The normalized spacial score (nSPS) is 10.8. The number of aromatic nitrogens is 1. The van der Waals surface area contributed by atoms with Gasteiger partial charge in [0.1, 0.15) is 5.75 Å². The van der Waals surface area contributed by atoms with Gasteiger partial charge in [-0.05, 0) is 24.3 Å². The molecule has 0 spiro atoms. The highest BCUT2D eigenvalue weighted by Gasteiger charge is 2.07. The number of benzene rings is 2. The number of hydrogen-bond donors (Lipinski definition) is 0. The van der Waals surface area contributed by atoms with Crippen molar-refractivity contribution in [3.05, 3.63) is 65.3 Å². The molecule has 0 aliphatic carbocycles. The molecule has 0 aliphatic rings. The maximum Gasteiger partial charge on any atom is 0.123 e. The Balaban J connectivity index is 2.04. The molecular formula is C16H14ClNO. The summed E-state index contributed by atoms with van der Waals surface area (Å²) in [6, 6.07) is 16.1. The fourth-order valence-electron chi connectivity index (χ4n) is 2.34. The molecule has 0 saturated heterocycles. The van der Waals surface area contributed by atoms with Gasteiger partial charge in [0.05, 0.1) is 13.7 Å². The Bertz CT molecular complexity index is 718. The van der Waals surface area contributed by atoms with E-state index in [4.69, 9.17) is 16.3 Å². The number of rotatable bonds is 3. The lowest BCUT2D eigenvalue weighted by Gasteiger charge is -2.10. The molecule has 1 heterocycles. The molecule has 96 valence electrons. The van der Waals surface area contributed by atoms with E-state index in [-0.39, 0.29) is 0 Å². The van der Waals surface area contributed by atoms with E-state index in [0.717, 1.165) is 33.8 Å². The number of ether oxygens (including phenoxy) is 1. The Morgan fingerprint density at radius 2 is 1.89 bits per heavy atom. The van der Waals surface area contributed by atoms with Crippen molar-refractivity contribution in [2.75, 3.05) is 7.11 Å². The monoisotopic (exact) mass is 271 g/mol. The van der Waals surface area contributed by atoms with Gasteiger partial charge in [0.15, 0.2) is 0 Å². The Morgan fingerprint density at radius 3 is 2.74 bits per heavy atom. The lowest BCUT2D eigenvalue weighted by atomic mass is 10.2. The number of halogens is 1. The Kier molecular flexibility index (Phi) is 3.18. The molecule has 2 aromatic carbocycles. The van der Waals surface area contributed by atoms with Crippen LogP contribution >= 0.6 is 11.6 Å². The minimum Gasteiger partial charge on any atom is -0.496 e. The summed E-state index contributed by atoms with van der Waals surface area (Å²) in [5, 5.41) is 1.87. The fourth-order valence-corrected chi connectivity index (χ4v) is 2.57. The molecule has 0 fully saturated rings. The highest BCUT2D eigenvalue weighted by Crippen LogP contribution is 2.26. The second kappa shape index (κ2) is 4.98. The summed E-state index contributed by atoms with van der Waals surface area (Å²) >= 11 is 6.19. The van der Waals surface area contributed by atoms with Gasteiger partial charge in [-0.1, -0.05) is 35.9 Å². The van der Waals surface area contributed by atoms with Gasteiger partial charge in [0.25, 0.3) is 0 Å². The molecule has 0 unspecified atom stereocenters. The van der Waals surface area contributed by atoms with Gasteiger partial charge in [0.2, 0.25) is 0 Å². The van der Waals surface area contributed by atoms with E-state index in [1.54, 1.807) is 7.11 Å². The van der Waals surface area contributed by atoms with Gasteiger partial charge in [0, 0.05) is 27.7 Å². The number of para-hydroxylation sites is 1. The number of nitrogens with zero attached hydrogens (tertiary/aromatic N) is 1. The van der Waals surface area contributed by atoms with E-state index in [1.165, 1.54) is 0 Å². The summed E-state index contributed by atoms with van der Waals surface area (Å²) < 4.78 is 7.57. The highest BCUT2D eigenvalue weighted by atomic mass is 35.5. The third-order valence-electron chi connectivity index (χ3n) is 3.29. The van der Waals surface area contributed by atoms with Crippen molar-refractivity contribution in [1.82, 2.24) is 4.57 Å². The summed E-state index contributed by atoms with van der Waals surface area (Å²) in [5.41, 5.74) is 2.29. The van der Waals surface area contributed by atoms with Crippen LogP contribution in [0, 0.1) is 0 Å². The quantitative estimate of drug-likeness (QED) is 0.691. The van der Waals surface area contributed by atoms with Crippen LogP contribution in [0.2, 0.25) is 5.02 Å². The molecule has 3 aromatic rings. The van der Waals surface area contributed by atoms with Gasteiger partial charge in [-0.3, -0.25) is 0 Å². The molecule has 0 N–H and O–H groups in total. The lowest BCUT2D eigenvalue weighted by Crippen LogP contribution is -2.00. The minimum absolute atomic E-state index is 0.772. The second-order valence-electron chi connectivity index (χ2n) is 4.43. The third-order valence-corrected chi connectivity index (χ3v) is 3.62. The molecule has 0 amide bonds. The molecule has 1 aromatic heterocycles. The second-order valence-corrected chi connectivity index (χ2v) is 4.84. The Labute approximate surface area is 117 Å². The van der Waals surface area contributed by atoms with Gasteiger partial charge < -0.3 is 9.30 Å². The average Bonchev–Trinajstić information content (AvgIpc) is 2.84. The van der Waals surface area contributed by atoms with E-state index in [2.05, 4.69) is 22.9 Å². The first kappa shape index (κ1) is 12.1. The molecule has 0 aliphatic heterocycles. The summed E-state index contributed by atoms with van der Waals surface area (Å²) in [6.07, 6.45) is 2.06. The van der Waals surface area contributed by atoms with Crippen molar-refractivity contribution in [2.24, 2.45) is 0 Å². The van der Waals surface area contributed by atoms with Crippen LogP contribution in [0.5, 0.6) is 5.75 Å². The first-order chi connectivity index (χ1) is 9.29. The van der Waals surface area contributed by atoms with Crippen molar-refractivity contribution in [2.45, 2.75) is 6.54 Å².